The molecule has 13 nitrogen and oxygen atoms in total. The summed E-state index contributed by atoms with van der Waals surface area (Å²) in [7, 11) is 3.29. The first-order chi connectivity index (χ1) is 21.5. The average molecular weight is 647 g/mol. The van der Waals surface area contributed by atoms with Crippen molar-refractivity contribution < 1.29 is 33.5 Å². The van der Waals surface area contributed by atoms with Gasteiger partial charge in [-0.1, -0.05) is 53.7 Å². The molecule has 258 valence electrons. The number of urea groups is 1. The molecule has 0 radical (unpaired) electrons. The SMILES string of the molecule is CC(C)CC(=O)N[C@H](C(=O)C[C@@H](CCCNC(N)=O)C(=O)Nc1ccc(COC(=O)N(C)CCN(C)C(=O)C(C)C)cc1)C(C)C. The van der Waals surface area contributed by atoms with Crippen molar-refractivity contribution in [1.82, 2.24) is 20.4 Å². The number of amides is 6. The van der Waals surface area contributed by atoms with Gasteiger partial charge in [0, 0.05) is 64.1 Å². The number of nitrogens with zero attached hydrogens (tertiary/aromatic N) is 2. The first kappa shape index (κ1) is 39.9. The monoisotopic (exact) mass is 646 g/mol. The van der Waals surface area contributed by atoms with Gasteiger partial charge >= 0.3 is 12.1 Å². The number of benzene rings is 1. The number of ketones is 1. The number of ether oxygens (including phenoxy) is 1. The molecule has 0 aliphatic carbocycles. The minimum atomic E-state index is -0.727. The van der Waals surface area contributed by atoms with E-state index in [1.165, 1.54) is 4.90 Å². The highest BCUT2D eigenvalue weighted by molar-refractivity contribution is 5.97. The van der Waals surface area contributed by atoms with Crippen LogP contribution in [0.1, 0.15) is 72.8 Å². The van der Waals surface area contributed by atoms with E-state index in [1.54, 1.807) is 43.3 Å². The summed E-state index contributed by atoms with van der Waals surface area (Å²) in [4.78, 5) is 77.6. The Balaban J connectivity index is 2.83. The fraction of sp³-hybridized carbons (Fsp3) is 0.636. The molecule has 0 aromatic heterocycles. The van der Waals surface area contributed by atoms with E-state index in [9.17, 15) is 28.8 Å². The van der Waals surface area contributed by atoms with Crippen LogP contribution in [0.25, 0.3) is 0 Å². The van der Waals surface area contributed by atoms with Gasteiger partial charge < -0.3 is 36.2 Å². The Labute approximate surface area is 273 Å². The molecular weight excluding hydrogens is 592 g/mol. The predicted molar refractivity (Wildman–Crippen MR) is 177 cm³/mol. The van der Waals surface area contributed by atoms with Crippen molar-refractivity contribution in [2.75, 3.05) is 39.0 Å². The summed E-state index contributed by atoms with van der Waals surface area (Å²) in [5, 5.41) is 8.17. The molecule has 0 heterocycles. The number of Topliss-reactive ketones (excluding diaryl/α,β-unsaturated/α-hetero) is 1. The fourth-order valence-corrected chi connectivity index (χ4v) is 4.60. The van der Waals surface area contributed by atoms with Crippen LogP contribution in [0.4, 0.5) is 15.3 Å². The Bertz CT molecular complexity index is 1170. The lowest BCUT2D eigenvalue weighted by atomic mass is 9.89. The van der Waals surface area contributed by atoms with E-state index in [1.807, 2.05) is 41.5 Å². The third kappa shape index (κ3) is 15.2. The van der Waals surface area contributed by atoms with E-state index >= 15 is 0 Å². The van der Waals surface area contributed by atoms with Gasteiger partial charge in [0.2, 0.25) is 17.7 Å². The zero-order chi connectivity index (χ0) is 35.0. The summed E-state index contributed by atoms with van der Waals surface area (Å²) in [6.07, 6.45) is 0.412. The Morgan fingerprint density at radius 3 is 2.02 bits per heavy atom. The van der Waals surface area contributed by atoms with E-state index in [-0.39, 0.29) is 60.8 Å². The van der Waals surface area contributed by atoms with Crippen molar-refractivity contribution in [2.24, 2.45) is 29.4 Å². The number of anilines is 1. The highest BCUT2D eigenvalue weighted by atomic mass is 16.6. The zero-order valence-corrected chi connectivity index (χ0v) is 28.7. The van der Waals surface area contributed by atoms with Gasteiger partial charge in [-0.25, -0.2) is 9.59 Å². The molecule has 0 saturated carbocycles. The molecule has 46 heavy (non-hydrogen) atoms. The van der Waals surface area contributed by atoms with Crippen LogP contribution in [-0.4, -0.2) is 85.2 Å². The lowest BCUT2D eigenvalue weighted by molar-refractivity contribution is -0.133. The minimum Gasteiger partial charge on any atom is -0.445 e. The summed E-state index contributed by atoms with van der Waals surface area (Å²) < 4.78 is 5.38. The topological polar surface area (TPSA) is 180 Å². The zero-order valence-electron chi connectivity index (χ0n) is 28.7. The lowest BCUT2D eigenvalue weighted by Gasteiger charge is -2.24. The van der Waals surface area contributed by atoms with Crippen LogP contribution in [0.2, 0.25) is 0 Å². The first-order valence-corrected chi connectivity index (χ1v) is 15.9. The van der Waals surface area contributed by atoms with Gasteiger partial charge in [0.25, 0.3) is 0 Å². The number of nitrogens with one attached hydrogen (secondary N) is 3. The molecule has 13 heteroatoms. The van der Waals surface area contributed by atoms with Crippen molar-refractivity contribution >= 4 is 41.3 Å². The molecule has 5 N–H and O–H groups in total. The highest BCUT2D eigenvalue weighted by Gasteiger charge is 2.29. The minimum absolute atomic E-state index is 0.00249. The van der Waals surface area contributed by atoms with Gasteiger partial charge in [0.05, 0.1) is 6.04 Å². The number of nitrogens with two attached hydrogens (primary N) is 1. The molecule has 1 aromatic carbocycles. The molecule has 0 spiro atoms. The summed E-state index contributed by atoms with van der Waals surface area (Å²) in [5.74, 6) is -1.69. The third-order valence-electron chi connectivity index (χ3n) is 7.31. The highest BCUT2D eigenvalue weighted by Crippen LogP contribution is 2.20. The van der Waals surface area contributed by atoms with Crippen LogP contribution in [0, 0.1) is 23.7 Å². The largest absolute Gasteiger partial charge is 0.445 e. The normalized spacial score (nSPS) is 12.3. The number of hydrogen-bond donors (Lipinski definition) is 4. The molecule has 0 unspecified atom stereocenters. The molecule has 2 atom stereocenters. The fourth-order valence-electron chi connectivity index (χ4n) is 4.60. The van der Waals surface area contributed by atoms with E-state index in [0.717, 1.165) is 0 Å². The Morgan fingerprint density at radius 1 is 0.870 bits per heavy atom. The van der Waals surface area contributed by atoms with Crippen molar-refractivity contribution in [3.8, 4) is 0 Å². The summed E-state index contributed by atoms with van der Waals surface area (Å²) in [5.41, 5.74) is 6.34. The van der Waals surface area contributed by atoms with Crippen LogP contribution in [-0.2, 0) is 30.5 Å². The molecule has 0 bridgehead atoms. The second-order valence-electron chi connectivity index (χ2n) is 12.8. The van der Waals surface area contributed by atoms with Gasteiger partial charge in [-0.2, -0.15) is 0 Å². The van der Waals surface area contributed by atoms with Crippen molar-refractivity contribution in [3.05, 3.63) is 29.8 Å². The number of carbonyl (C=O) groups excluding carboxylic acids is 6. The Hall–Kier alpha value is -4.16. The molecule has 0 aliphatic rings. The maximum absolute atomic E-state index is 13.3. The summed E-state index contributed by atoms with van der Waals surface area (Å²) >= 11 is 0. The number of hydrogen-bond acceptors (Lipinski definition) is 7. The summed E-state index contributed by atoms with van der Waals surface area (Å²) in [6.45, 7) is 12.1. The number of carbonyl (C=O) groups is 6. The molecule has 0 aliphatic heterocycles. The summed E-state index contributed by atoms with van der Waals surface area (Å²) in [6, 6.07) is 5.38. The lowest BCUT2D eigenvalue weighted by Crippen LogP contribution is -2.45. The first-order valence-electron chi connectivity index (χ1n) is 15.9. The predicted octanol–water partition coefficient (Wildman–Crippen LogP) is 3.52. The standard InChI is InChI=1S/C33H54N6O7/c1-21(2)18-28(41)37-29(22(3)4)27(40)19-25(10-9-15-35-32(34)44)30(42)36-26-13-11-24(12-14-26)20-46-33(45)39(8)17-16-38(7)31(43)23(5)6/h11-14,21-23,25,29H,9-10,15-20H2,1-8H3,(H,36,42)(H,37,41)(H3,34,35,44)/t25-,29+/m1/s1. The van der Waals surface area contributed by atoms with Crippen molar-refractivity contribution in [2.45, 2.75) is 79.9 Å². The quantitative estimate of drug-likeness (QED) is 0.166. The molecule has 1 rings (SSSR count). The average Bonchev–Trinajstić information content (AvgIpc) is 2.98. The molecule has 1 aromatic rings. The van der Waals surface area contributed by atoms with Crippen LogP contribution in [0.15, 0.2) is 24.3 Å². The van der Waals surface area contributed by atoms with E-state index in [4.69, 9.17) is 10.5 Å². The molecular formula is C33H54N6O7. The maximum Gasteiger partial charge on any atom is 0.409 e. The van der Waals surface area contributed by atoms with Gasteiger partial charge in [-0.15, -0.1) is 0 Å². The Kier molecular flexibility index (Phi) is 17.4. The maximum atomic E-state index is 13.3. The number of primary amides is 1. The van der Waals surface area contributed by atoms with E-state index < -0.39 is 24.1 Å². The molecule has 6 amide bonds. The van der Waals surface area contributed by atoms with Gasteiger partial charge in [-0.3, -0.25) is 19.2 Å². The van der Waals surface area contributed by atoms with Gasteiger partial charge in [-0.05, 0) is 42.4 Å². The van der Waals surface area contributed by atoms with Crippen LogP contribution in [0.5, 0.6) is 0 Å². The van der Waals surface area contributed by atoms with Gasteiger partial charge in [0.1, 0.15) is 6.61 Å². The molecule has 0 saturated heterocycles. The smallest absolute Gasteiger partial charge is 0.409 e. The molecule has 0 fully saturated rings. The van der Waals surface area contributed by atoms with E-state index in [2.05, 4.69) is 16.0 Å². The van der Waals surface area contributed by atoms with E-state index in [0.29, 0.717) is 43.6 Å². The van der Waals surface area contributed by atoms with Crippen molar-refractivity contribution in [1.29, 1.82) is 0 Å². The van der Waals surface area contributed by atoms with Crippen LogP contribution in [0.3, 0.4) is 0 Å². The van der Waals surface area contributed by atoms with Crippen LogP contribution < -0.4 is 21.7 Å². The Morgan fingerprint density at radius 2 is 1.48 bits per heavy atom. The number of likely N-dealkylation sites (N-methyl/N-ethyl adjacent to an activating group) is 2. The number of rotatable bonds is 19. The third-order valence-corrected chi connectivity index (χ3v) is 7.31. The second-order valence-corrected chi connectivity index (χ2v) is 12.8. The van der Waals surface area contributed by atoms with Crippen LogP contribution >= 0.6 is 0 Å². The van der Waals surface area contributed by atoms with Crippen molar-refractivity contribution in [3.63, 3.8) is 0 Å². The second kappa shape index (κ2) is 20.1. The van der Waals surface area contributed by atoms with Gasteiger partial charge in [0.15, 0.2) is 5.78 Å².